The minimum atomic E-state index is -1.14. The van der Waals surface area contributed by atoms with Gasteiger partial charge in [-0.25, -0.2) is 4.79 Å². The summed E-state index contributed by atoms with van der Waals surface area (Å²) in [6, 6.07) is 2.86. The van der Waals surface area contributed by atoms with E-state index in [0.717, 1.165) is 18.0 Å². The van der Waals surface area contributed by atoms with Crippen LogP contribution in [-0.4, -0.2) is 65.7 Å². The molecule has 0 aromatic carbocycles. The third kappa shape index (κ3) is 6.82. The largest absolute Gasteiger partial charge is 0.491 e. The number of amides is 1. The zero-order valence-electron chi connectivity index (χ0n) is 19.3. The van der Waals surface area contributed by atoms with Gasteiger partial charge >= 0.3 is 6.09 Å². The molecule has 0 aliphatic carbocycles. The first kappa shape index (κ1) is 23.8. The molecule has 1 saturated heterocycles. The second-order valence-corrected chi connectivity index (χ2v) is 16.3. The van der Waals surface area contributed by atoms with Crippen LogP contribution in [0.3, 0.4) is 0 Å². The molecule has 3 heterocycles. The SMILES string of the molecule is CC(C)(C)OC(=O)N1CC(COc2cn(COCC[Si](C)(C)C)c3nnc(Cl)cc23)C1. The summed E-state index contributed by atoms with van der Waals surface area (Å²) < 4.78 is 19.2. The molecule has 0 spiro atoms. The van der Waals surface area contributed by atoms with E-state index < -0.39 is 13.7 Å². The van der Waals surface area contributed by atoms with Crippen molar-refractivity contribution in [2.75, 3.05) is 26.3 Å². The molecule has 0 saturated carbocycles. The Kier molecular flexibility index (Phi) is 7.17. The highest BCUT2D eigenvalue weighted by Gasteiger charge is 2.34. The monoisotopic (exact) mass is 468 g/mol. The Morgan fingerprint density at radius 1 is 1.26 bits per heavy atom. The van der Waals surface area contributed by atoms with Crippen LogP contribution < -0.4 is 4.74 Å². The van der Waals surface area contributed by atoms with Crippen molar-refractivity contribution in [1.82, 2.24) is 19.7 Å². The van der Waals surface area contributed by atoms with Crippen LogP contribution in [0.5, 0.6) is 5.75 Å². The van der Waals surface area contributed by atoms with Crippen LogP contribution in [-0.2, 0) is 16.2 Å². The van der Waals surface area contributed by atoms with Gasteiger partial charge in [0.05, 0.1) is 18.2 Å². The van der Waals surface area contributed by atoms with Gasteiger partial charge in [-0.3, -0.25) is 0 Å². The Morgan fingerprint density at radius 3 is 2.61 bits per heavy atom. The molecule has 1 amide bonds. The second-order valence-electron chi connectivity index (χ2n) is 10.3. The van der Waals surface area contributed by atoms with Crippen molar-refractivity contribution < 1.29 is 19.0 Å². The number of likely N-dealkylation sites (tertiary alicyclic amines) is 1. The molecule has 10 heteroatoms. The minimum Gasteiger partial charge on any atom is -0.491 e. The smallest absolute Gasteiger partial charge is 0.410 e. The van der Waals surface area contributed by atoms with Gasteiger partial charge in [-0.15, -0.1) is 10.2 Å². The second kappa shape index (κ2) is 9.34. The number of carbonyl (C=O) groups is 1. The fourth-order valence-corrected chi connectivity index (χ4v) is 4.04. The van der Waals surface area contributed by atoms with E-state index in [4.69, 9.17) is 25.8 Å². The summed E-state index contributed by atoms with van der Waals surface area (Å²) >= 11 is 6.06. The minimum absolute atomic E-state index is 0.254. The molecule has 0 radical (unpaired) electrons. The maximum absolute atomic E-state index is 12.1. The fraction of sp³-hybridized carbons (Fsp3) is 0.667. The molecule has 0 atom stereocenters. The number of nitrogens with zero attached hydrogens (tertiary/aromatic N) is 4. The Balaban J connectivity index is 1.57. The van der Waals surface area contributed by atoms with Crippen molar-refractivity contribution in [3.8, 4) is 5.75 Å². The van der Waals surface area contributed by atoms with Gasteiger partial charge in [-0.05, 0) is 32.9 Å². The predicted molar refractivity (Wildman–Crippen MR) is 123 cm³/mol. The van der Waals surface area contributed by atoms with Gasteiger partial charge in [0.1, 0.15) is 18.1 Å². The lowest BCUT2D eigenvalue weighted by atomic mass is 10.0. The standard InChI is InChI=1S/C21H33ClN4O4Si/c1-21(2,3)30-20(27)25-10-15(11-25)13-29-17-12-26(14-28-7-8-31(4,5)6)19-16(17)9-18(22)23-24-19/h9,12,15H,7-8,10-11,13-14H2,1-6H3. The highest BCUT2D eigenvalue weighted by atomic mass is 35.5. The molecule has 0 unspecified atom stereocenters. The van der Waals surface area contributed by atoms with E-state index >= 15 is 0 Å². The number of hydrogen-bond acceptors (Lipinski definition) is 6. The fourth-order valence-electron chi connectivity index (χ4n) is 3.14. The maximum atomic E-state index is 12.1. The van der Waals surface area contributed by atoms with Crippen LogP contribution in [0.2, 0.25) is 30.8 Å². The molecular weight excluding hydrogens is 436 g/mol. The summed E-state index contributed by atoms with van der Waals surface area (Å²) in [5.41, 5.74) is 0.189. The summed E-state index contributed by atoms with van der Waals surface area (Å²) in [5, 5.41) is 9.30. The van der Waals surface area contributed by atoms with Crippen LogP contribution in [0.4, 0.5) is 4.79 Å². The predicted octanol–water partition coefficient (Wildman–Crippen LogP) is 4.64. The lowest BCUT2D eigenvalue weighted by Crippen LogP contribution is -2.53. The van der Waals surface area contributed by atoms with Crippen molar-refractivity contribution in [2.24, 2.45) is 5.92 Å². The van der Waals surface area contributed by atoms with Gasteiger partial charge in [0.2, 0.25) is 0 Å². The molecule has 1 aliphatic heterocycles. The number of aromatic nitrogens is 3. The van der Waals surface area contributed by atoms with E-state index in [1.807, 2.05) is 31.5 Å². The first-order valence-electron chi connectivity index (χ1n) is 10.6. The van der Waals surface area contributed by atoms with Crippen molar-refractivity contribution in [3.63, 3.8) is 0 Å². The Labute approximate surface area is 189 Å². The Bertz CT molecular complexity index is 916. The third-order valence-electron chi connectivity index (χ3n) is 4.87. The number of carbonyl (C=O) groups excluding carboxylic acids is 1. The van der Waals surface area contributed by atoms with Gasteiger partial charge in [-0.2, -0.15) is 0 Å². The van der Waals surface area contributed by atoms with Gasteiger partial charge in [-0.1, -0.05) is 31.2 Å². The topological polar surface area (TPSA) is 78.7 Å². The lowest BCUT2D eigenvalue weighted by Gasteiger charge is -2.39. The van der Waals surface area contributed by atoms with E-state index in [1.54, 1.807) is 11.0 Å². The molecule has 2 aromatic heterocycles. The molecule has 31 heavy (non-hydrogen) atoms. The summed E-state index contributed by atoms with van der Waals surface area (Å²) in [6.07, 6.45) is 1.60. The zero-order valence-corrected chi connectivity index (χ0v) is 21.0. The summed E-state index contributed by atoms with van der Waals surface area (Å²) in [7, 11) is -1.14. The van der Waals surface area contributed by atoms with Gasteiger partial charge in [0.15, 0.2) is 10.8 Å². The van der Waals surface area contributed by atoms with Crippen LogP contribution in [0.25, 0.3) is 11.0 Å². The first-order chi connectivity index (χ1) is 14.4. The first-order valence-corrected chi connectivity index (χ1v) is 14.7. The number of fused-ring (bicyclic) bond motifs is 1. The molecule has 8 nitrogen and oxygen atoms in total. The quantitative estimate of drug-likeness (QED) is 0.414. The van der Waals surface area contributed by atoms with E-state index in [0.29, 0.717) is 43.0 Å². The van der Waals surface area contributed by atoms with Gasteiger partial charge < -0.3 is 23.7 Å². The van der Waals surface area contributed by atoms with E-state index in [1.165, 1.54) is 0 Å². The van der Waals surface area contributed by atoms with E-state index in [9.17, 15) is 4.79 Å². The number of halogens is 1. The lowest BCUT2D eigenvalue weighted by molar-refractivity contribution is -0.00777. The highest BCUT2D eigenvalue weighted by molar-refractivity contribution is 6.76. The third-order valence-corrected chi connectivity index (χ3v) is 6.75. The average Bonchev–Trinajstić information content (AvgIpc) is 2.92. The number of hydrogen-bond donors (Lipinski definition) is 0. The Hall–Kier alpha value is -1.84. The Morgan fingerprint density at radius 2 is 1.97 bits per heavy atom. The van der Waals surface area contributed by atoms with Gasteiger partial charge in [0.25, 0.3) is 0 Å². The number of ether oxygens (including phenoxy) is 3. The summed E-state index contributed by atoms with van der Waals surface area (Å²) in [6.45, 7) is 15.4. The van der Waals surface area contributed by atoms with Crippen molar-refractivity contribution in [3.05, 3.63) is 17.4 Å². The average molecular weight is 469 g/mol. The van der Waals surface area contributed by atoms with Crippen LogP contribution in [0, 0.1) is 5.92 Å². The molecule has 0 N–H and O–H groups in total. The molecule has 3 rings (SSSR count). The van der Waals surface area contributed by atoms with Gasteiger partial charge in [0, 0.05) is 33.7 Å². The molecule has 172 valence electrons. The van der Waals surface area contributed by atoms with Crippen LogP contribution >= 0.6 is 11.6 Å². The van der Waals surface area contributed by atoms with Crippen molar-refractivity contribution in [2.45, 2.75) is 58.8 Å². The van der Waals surface area contributed by atoms with Crippen molar-refractivity contribution >= 4 is 36.8 Å². The van der Waals surface area contributed by atoms with Crippen molar-refractivity contribution in [1.29, 1.82) is 0 Å². The summed E-state index contributed by atoms with van der Waals surface area (Å²) in [4.78, 5) is 13.8. The molecule has 2 aromatic rings. The zero-order chi connectivity index (χ0) is 22.8. The van der Waals surface area contributed by atoms with E-state index in [-0.39, 0.29) is 12.0 Å². The number of rotatable bonds is 8. The molecule has 0 bridgehead atoms. The van der Waals surface area contributed by atoms with Crippen LogP contribution in [0.1, 0.15) is 20.8 Å². The highest BCUT2D eigenvalue weighted by Crippen LogP contribution is 2.29. The van der Waals surface area contributed by atoms with Crippen LogP contribution in [0.15, 0.2) is 12.3 Å². The molecule has 1 aliphatic rings. The maximum Gasteiger partial charge on any atom is 0.410 e. The molecule has 1 fully saturated rings. The van der Waals surface area contributed by atoms with E-state index in [2.05, 4.69) is 29.8 Å². The summed E-state index contributed by atoms with van der Waals surface area (Å²) in [5.74, 6) is 0.945. The normalized spacial score (nSPS) is 15.3. The molecular formula is C21H33ClN4O4Si.